The average molecular weight is 383 g/mol. The molecule has 0 aliphatic rings. The van der Waals surface area contributed by atoms with E-state index in [0.717, 1.165) is 11.1 Å². The molecule has 1 heterocycles. The first kappa shape index (κ1) is 19.3. The molecule has 0 aliphatic heterocycles. The van der Waals surface area contributed by atoms with E-state index in [-0.39, 0.29) is 12.2 Å². The van der Waals surface area contributed by atoms with E-state index in [1.54, 1.807) is 17.6 Å². The standard InChI is InChI=1S/C22H23ClN2O2/c1-14-7-8-17(11-15(14)2)13-25-21(18-5-4-6-19(23)12-18)24-16(3)20(9-10-26)22(25)27/h4-8,11-12,26H,9-10,13H2,1-3H3. The number of benzene rings is 2. The van der Waals surface area contributed by atoms with Crippen LogP contribution in [0.25, 0.3) is 11.4 Å². The van der Waals surface area contributed by atoms with E-state index in [9.17, 15) is 9.90 Å². The molecule has 0 amide bonds. The molecule has 1 N–H and O–H groups in total. The van der Waals surface area contributed by atoms with Crippen LogP contribution < -0.4 is 5.56 Å². The molecule has 0 saturated carbocycles. The minimum Gasteiger partial charge on any atom is -0.396 e. The van der Waals surface area contributed by atoms with Crippen molar-refractivity contribution < 1.29 is 5.11 Å². The SMILES string of the molecule is Cc1ccc(Cn2c(-c3cccc(Cl)c3)nc(C)c(CCO)c2=O)cc1C. The topological polar surface area (TPSA) is 55.1 Å². The number of hydrogen-bond acceptors (Lipinski definition) is 3. The van der Waals surface area contributed by atoms with E-state index in [1.807, 2.05) is 24.3 Å². The van der Waals surface area contributed by atoms with Gasteiger partial charge in [-0.05, 0) is 49.6 Å². The van der Waals surface area contributed by atoms with Crippen LogP contribution in [0.5, 0.6) is 0 Å². The monoisotopic (exact) mass is 382 g/mol. The zero-order chi connectivity index (χ0) is 19.6. The lowest BCUT2D eigenvalue weighted by molar-refractivity contribution is 0.298. The number of aromatic nitrogens is 2. The average Bonchev–Trinajstić information content (AvgIpc) is 2.63. The van der Waals surface area contributed by atoms with Gasteiger partial charge in [-0.1, -0.05) is 41.9 Å². The maximum Gasteiger partial charge on any atom is 0.257 e. The Kier molecular flexibility index (Phi) is 5.78. The highest BCUT2D eigenvalue weighted by Gasteiger charge is 2.16. The number of aryl methyl sites for hydroxylation is 3. The van der Waals surface area contributed by atoms with Gasteiger partial charge >= 0.3 is 0 Å². The highest BCUT2D eigenvalue weighted by atomic mass is 35.5. The first-order chi connectivity index (χ1) is 12.9. The summed E-state index contributed by atoms with van der Waals surface area (Å²) in [4.78, 5) is 17.9. The van der Waals surface area contributed by atoms with Crippen molar-refractivity contribution in [1.82, 2.24) is 9.55 Å². The summed E-state index contributed by atoms with van der Waals surface area (Å²) in [6.07, 6.45) is 0.292. The summed E-state index contributed by atoms with van der Waals surface area (Å²) in [5, 5.41) is 9.94. The molecular formula is C22H23ClN2O2. The molecule has 0 bridgehead atoms. The number of aliphatic hydroxyl groups is 1. The van der Waals surface area contributed by atoms with Crippen LogP contribution >= 0.6 is 11.6 Å². The second-order valence-corrected chi connectivity index (χ2v) is 7.23. The third kappa shape index (κ3) is 4.12. The fraction of sp³-hybridized carbons (Fsp3) is 0.273. The third-order valence-corrected chi connectivity index (χ3v) is 5.06. The number of rotatable bonds is 5. The molecule has 1 aromatic heterocycles. The van der Waals surface area contributed by atoms with Gasteiger partial charge in [0.25, 0.3) is 5.56 Å². The van der Waals surface area contributed by atoms with Crippen molar-refractivity contribution in [1.29, 1.82) is 0 Å². The molecule has 3 rings (SSSR count). The molecule has 5 heteroatoms. The minimum absolute atomic E-state index is 0.0854. The van der Waals surface area contributed by atoms with E-state index in [4.69, 9.17) is 16.6 Å². The Labute approximate surface area is 164 Å². The van der Waals surface area contributed by atoms with Gasteiger partial charge < -0.3 is 5.11 Å². The van der Waals surface area contributed by atoms with Crippen molar-refractivity contribution in [3.63, 3.8) is 0 Å². The van der Waals surface area contributed by atoms with E-state index in [0.29, 0.717) is 35.1 Å². The molecule has 0 aliphatic carbocycles. The van der Waals surface area contributed by atoms with Gasteiger partial charge in [-0.2, -0.15) is 0 Å². The van der Waals surface area contributed by atoms with E-state index < -0.39 is 0 Å². The number of nitrogens with zero attached hydrogens (tertiary/aromatic N) is 2. The summed E-state index contributed by atoms with van der Waals surface area (Å²) in [7, 11) is 0. The van der Waals surface area contributed by atoms with Crippen LogP contribution in [-0.4, -0.2) is 21.3 Å². The van der Waals surface area contributed by atoms with Gasteiger partial charge in [0.1, 0.15) is 5.82 Å². The first-order valence-corrected chi connectivity index (χ1v) is 9.31. The van der Waals surface area contributed by atoms with Crippen LogP contribution in [0.1, 0.15) is 27.9 Å². The molecule has 0 spiro atoms. The van der Waals surface area contributed by atoms with Gasteiger partial charge in [0.2, 0.25) is 0 Å². The molecule has 27 heavy (non-hydrogen) atoms. The van der Waals surface area contributed by atoms with Crippen LogP contribution in [0, 0.1) is 20.8 Å². The first-order valence-electron chi connectivity index (χ1n) is 8.94. The lowest BCUT2D eigenvalue weighted by Gasteiger charge is -2.16. The van der Waals surface area contributed by atoms with Crippen LogP contribution in [0.2, 0.25) is 5.02 Å². The summed E-state index contributed by atoms with van der Waals surface area (Å²) in [6.45, 7) is 6.26. The highest BCUT2D eigenvalue weighted by Crippen LogP contribution is 2.22. The van der Waals surface area contributed by atoms with Crippen molar-refractivity contribution in [2.75, 3.05) is 6.61 Å². The number of halogens is 1. The van der Waals surface area contributed by atoms with E-state index in [2.05, 4.69) is 26.0 Å². The fourth-order valence-electron chi connectivity index (χ4n) is 3.18. The van der Waals surface area contributed by atoms with Crippen LogP contribution in [0.4, 0.5) is 0 Å². The summed E-state index contributed by atoms with van der Waals surface area (Å²) < 4.78 is 1.67. The van der Waals surface area contributed by atoms with Crippen molar-refractivity contribution in [3.05, 3.63) is 85.8 Å². The van der Waals surface area contributed by atoms with Gasteiger partial charge in [-0.15, -0.1) is 0 Å². The van der Waals surface area contributed by atoms with Crippen molar-refractivity contribution >= 4 is 11.6 Å². The van der Waals surface area contributed by atoms with Crippen LogP contribution in [0.15, 0.2) is 47.3 Å². The Morgan fingerprint density at radius 1 is 1.07 bits per heavy atom. The van der Waals surface area contributed by atoms with Gasteiger partial charge in [0.15, 0.2) is 0 Å². The number of aliphatic hydroxyl groups excluding tert-OH is 1. The van der Waals surface area contributed by atoms with E-state index >= 15 is 0 Å². The molecule has 0 atom stereocenters. The summed E-state index contributed by atoms with van der Waals surface area (Å²) in [5.41, 5.74) is 5.29. The Morgan fingerprint density at radius 3 is 2.52 bits per heavy atom. The molecule has 3 aromatic rings. The molecule has 0 fully saturated rings. The summed E-state index contributed by atoms with van der Waals surface area (Å²) in [6, 6.07) is 13.5. The molecular weight excluding hydrogens is 360 g/mol. The van der Waals surface area contributed by atoms with Crippen LogP contribution in [-0.2, 0) is 13.0 Å². The fourth-order valence-corrected chi connectivity index (χ4v) is 3.37. The van der Waals surface area contributed by atoms with Crippen molar-refractivity contribution in [2.45, 2.75) is 33.7 Å². The van der Waals surface area contributed by atoms with Gasteiger partial charge in [-0.3, -0.25) is 9.36 Å². The Morgan fingerprint density at radius 2 is 1.85 bits per heavy atom. The quantitative estimate of drug-likeness (QED) is 0.723. The molecule has 0 saturated heterocycles. The zero-order valence-corrected chi connectivity index (χ0v) is 16.5. The molecule has 2 aromatic carbocycles. The predicted octanol–water partition coefficient (Wildman–Crippen LogP) is 4.07. The molecule has 0 radical (unpaired) electrons. The normalized spacial score (nSPS) is 11.0. The smallest absolute Gasteiger partial charge is 0.257 e. The van der Waals surface area contributed by atoms with Gasteiger partial charge in [0.05, 0.1) is 6.54 Å². The van der Waals surface area contributed by atoms with Crippen LogP contribution in [0.3, 0.4) is 0 Å². The third-order valence-electron chi connectivity index (χ3n) is 4.83. The molecule has 140 valence electrons. The summed E-state index contributed by atoms with van der Waals surface area (Å²) >= 11 is 6.16. The van der Waals surface area contributed by atoms with Crippen molar-refractivity contribution in [3.8, 4) is 11.4 Å². The minimum atomic E-state index is -0.121. The lowest BCUT2D eigenvalue weighted by Crippen LogP contribution is -2.29. The maximum absolute atomic E-state index is 13.2. The Bertz CT molecular complexity index is 1040. The molecule has 4 nitrogen and oxygen atoms in total. The number of hydrogen-bond donors (Lipinski definition) is 1. The zero-order valence-electron chi connectivity index (χ0n) is 15.8. The highest BCUT2D eigenvalue weighted by molar-refractivity contribution is 6.30. The van der Waals surface area contributed by atoms with E-state index in [1.165, 1.54) is 11.1 Å². The summed E-state index contributed by atoms with van der Waals surface area (Å²) in [5.74, 6) is 0.583. The van der Waals surface area contributed by atoms with Gasteiger partial charge in [0, 0.05) is 34.9 Å². The lowest BCUT2D eigenvalue weighted by atomic mass is 10.1. The predicted molar refractivity (Wildman–Crippen MR) is 109 cm³/mol. The van der Waals surface area contributed by atoms with Gasteiger partial charge in [-0.25, -0.2) is 4.98 Å². The molecule has 0 unspecified atom stereocenters. The second-order valence-electron chi connectivity index (χ2n) is 6.79. The second kappa shape index (κ2) is 8.07. The van der Waals surface area contributed by atoms with Crippen molar-refractivity contribution in [2.24, 2.45) is 0 Å². The Balaban J connectivity index is 2.20. The maximum atomic E-state index is 13.2. The largest absolute Gasteiger partial charge is 0.396 e. The Hall–Kier alpha value is -2.43.